The molecule has 0 saturated carbocycles. The Kier molecular flexibility index (Phi) is 6.30. The van der Waals surface area contributed by atoms with Crippen molar-refractivity contribution in [2.75, 3.05) is 45.1 Å². The largest absolute Gasteiger partial charge is 0.380 e. The van der Waals surface area contributed by atoms with Gasteiger partial charge >= 0.3 is 0 Å². The molecule has 1 aliphatic rings. The van der Waals surface area contributed by atoms with Gasteiger partial charge in [-0.15, -0.1) is 11.3 Å². The summed E-state index contributed by atoms with van der Waals surface area (Å²) in [4.78, 5) is 18.9. The van der Waals surface area contributed by atoms with E-state index in [0.717, 1.165) is 26.2 Å². The number of benzene rings is 1. The predicted molar refractivity (Wildman–Crippen MR) is 119 cm³/mol. The van der Waals surface area contributed by atoms with Crippen LogP contribution in [0.1, 0.15) is 10.9 Å². The van der Waals surface area contributed by atoms with Crippen LogP contribution in [-0.4, -0.2) is 59.4 Å². The Balaban J connectivity index is 1.53. The molecule has 0 spiro atoms. The summed E-state index contributed by atoms with van der Waals surface area (Å²) in [6.07, 6.45) is 1.63. The molecule has 1 aromatic carbocycles. The molecule has 1 aliphatic heterocycles. The first-order valence-corrected chi connectivity index (χ1v) is 10.9. The number of nitrogens with zero attached hydrogens (tertiary/aromatic N) is 4. The molecule has 152 valence electrons. The molecule has 4 rings (SSSR count). The highest BCUT2D eigenvalue weighted by molar-refractivity contribution is 7.10. The number of hydrogen-bond acceptors (Lipinski definition) is 6. The highest BCUT2D eigenvalue weighted by atomic mass is 35.5. The number of nitrogens with one attached hydrogen (secondary N) is 1. The van der Waals surface area contributed by atoms with Crippen LogP contribution >= 0.6 is 22.9 Å². The molecule has 1 N–H and O–H groups in total. The van der Waals surface area contributed by atoms with Gasteiger partial charge in [0.05, 0.1) is 23.6 Å². The Morgan fingerprint density at radius 3 is 2.59 bits per heavy atom. The van der Waals surface area contributed by atoms with Crippen LogP contribution in [0.2, 0.25) is 5.02 Å². The molecular weight excluding hydrogens is 406 g/mol. The Labute approximate surface area is 179 Å². The van der Waals surface area contributed by atoms with Gasteiger partial charge in [-0.25, -0.2) is 0 Å². The van der Waals surface area contributed by atoms with Crippen molar-refractivity contribution in [2.45, 2.75) is 6.04 Å². The van der Waals surface area contributed by atoms with E-state index in [-0.39, 0.29) is 16.6 Å². The quantitative estimate of drug-likeness (QED) is 0.651. The number of aromatic nitrogens is 2. The molecule has 0 aliphatic carbocycles. The van der Waals surface area contributed by atoms with E-state index in [1.165, 1.54) is 9.56 Å². The molecule has 3 heterocycles. The molecule has 8 heteroatoms. The van der Waals surface area contributed by atoms with Crippen molar-refractivity contribution in [2.24, 2.45) is 0 Å². The summed E-state index contributed by atoms with van der Waals surface area (Å²) in [6.45, 7) is 4.81. The minimum atomic E-state index is -0.324. The molecule has 1 saturated heterocycles. The smallest absolute Gasteiger partial charge is 0.292 e. The van der Waals surface area contributed by atoms with E-state index in [1.54, 1.807) is 17.5 Å². The average Bonchev–Trinajstić information content (AvgIpc) is 3.28. The first-order valence-electron chi connectivity index (χ1n) is 9.66. The predicted octanol–water partition coefficient (Wildman–Crippen LogP) is 3.35. The zero-order valence-electron chi connectivity index (χ0n) is 16.3. The second-order valence-electron chi connectivity index (χ2n) is 7.18. The second kappa shape index (κ2) is 9.09. The van der Waals surface area contributed by atoms with Gasteiger partial charge in [-0.1, -0.05) is 35.9 Å². The highest BCUT2D eigenvalue weighted by Gasteiger charge is 2.25. The van der Waals surface area contributed by atoms with Gasteiger partial charge in [0.25, 0.3) is 5.56 Å². The van der Waals surface area contributed by atoms with Gasteiger partial charge in [-0.2, -0.15) is 9.78 Å². The molecule has 3 aromatic rings. The van der Waals surface area contributed by atoms with Crippen molar-refractivity contribution >= 4 is 28.6 Å². The number of piperazine rings is 1. The number of likely N-dealkylation sites (N-methyl/N-ethyl adjacent to an activating group) is 1. The Bertz CT molecular complexity index is 984. The Morgan fingerprint density at radius 1 is 1.14 bits per heavy atom. The molecule has 1 atom stereocenters. The van der Waals surface area contributed by atoms with Gasteiger partial charge in [0.15, 0.2) is 0 Å². The minimum absolute atomic E-state index is 0.159. The molecule has 29 heavy (non-hydrogen) atoms. The van der Waals surface area contributed by atoms with Crippen LogP contribution in [0.4, 0.5) is 5.69 Å². The van der Waals surface area contributed by atoms with E-state index < -0.39 is 0 Å². The third-order valence-electron chi connectivity index (χ3n) is 5.26. The maximum atomic E-state index is 12.7. The van der Waals surface area contributed by atoms with Crippen LogP contribution in [0, 0.1) is 0 Å². The summed E-state index contributed by atoms with van der Waals surface area (Å²) >= 11 is 8.17. The molecule has 0 radical (unpaired) electrons. The Hall–Kier alpha value is -2.19. The summed E-state index contributed by atoms with van der Waals surface area (Å²) in [5, 5.41) is 9.95. The number of anilines is 1. The van der Waals surface area contributed by atoms with Gasteiger partial charge in [0.2, 0.25) is 0 Å². The van der Waals surface area contributed by atoms with Gasteiger partial charge in [0.1, 0.15) is 5.02 Å². The topological polar surface area (TPSA) is 53.4 Å². The van der Waals surface area contributed by atoms with E-state index in [0.29, 0.717) is 17.9 Å². The number of hydrogen-bond donors (Lipinski definition) is 1. The van der Waals surface area contributed by atoms with Crippen molar-refractivity contribution in [3.8, 4) is 5.69 Å². The molecular formula is C21H24ClN5OS. The lowest BCUT2D eigenvalue weighted by Crippen LogP contribution is -2.47. The van der Waals surface area contributed by atoms with E-state index >= 15 is 0 Å². The summed E-state index contributed by atoms with van der Waals surface area (Å²) < 4.78 is 1.32. The lowest BCUT2D eigenvalue weighted by Gasteiger charge is -2.37. The molecule has 0 bridgehead atoms. The van der Waals surface area contributed by atoms with Crippen molar-refractivity contribution in [3.05, 3.63) is 74.3 Å². The molecule has 1 fully saturated rings. The number of rotatable bonds is 6. The Morgan fingerprint density at radius 2 is 1.90 bits per heavy atom. The maximum Gasteiger partial charge on any atom is 0.292 e. The van der Waals surface area contributed by atoms with Gasteiger partial charge in [-0.05, 0) is 30.6 Å². The zero-order valence-corrected chi connectivity index (χ0v) is 17.9. The summed E-state index contributed by atoms with van der Waals surface area (Å²) in [7, 11) is 2.16. The fraction of sp³-hybridized carbons (Fsp3) is 0.333. The zero-order chi connectivity index (χ0) is 20.2. The third kappa shape index (κ3) is 4.53. The normalized spacial score (nSPS) is 16.6. The van der Waals surface area contributed by atoms with Crippen molar-refractivity contribution in [3.63, 3.8) is 0 Å². The molecule has 2 aromatic heterocycles. The molecule has 0 unspecified atom stereocenters. The van der Waals surface area contributed by atoms with Gasteiger partial charge in [-0.3, -0.25) is 9.69 Å². The van der Waals surface area contributed by atoms with Crippen LogP contribution in [0.15, 0.2) is 58.8 Å². The molecule has 0 amide bonds. The van der Waals surface area contributed by atoms with Gasteiger partial charge in [0, 0.05) is 37.6 Å². The van der Waals surface area contributed by atoms with Crippen LogP contribution in [0.25, 0.3) is 5.69 Å². The summed E-state index contributed by atoms with van der Waals surface area (Å²) in [5.41, 5.74) is 0.939. The van der Waals surface area contributed by atoms with E-state index in [9.17, 15) is 4.79 Å². The average molecular weight is 430 g/mol. The van der Waals surface area contributed by atoms with Crippen LogP contribution < -0.4 is 10.9 Å². The summed E-state index contributed by atoms with van der Waals surface area (Å²) in [6, 6.07) is 13.8. The SMILES string of the molecule is CN1CCN([C@@H](CNc2cnn(-c3ccccc3)c(=O)c2Cl)c2cccs2)CC1. The lowest BCUT2D eigenvalue weighted by molar-refractivity contribution is 0.118. The number of para-hydroxylation sites is 1. The van der Waals surface area contributed by atoms with E-state index in [1.807, 2.05) is 30.3 Å². The van der Waals surface area contributed by atoms with E-state index in [4.69, 9.17) is 11.6 Å². The van der Waals surface area contributed by atoms with Crippen LogP contribution in [0.5, 0.6) is 0 Å². The standard InChI is InChI=1S/C21H24ClN5OS/c1-25-9-11-26(12-10-25)18(19-8-5-13-29-19)15-23-17-14-24-27(21(28)20(17)22)16-6-3-2-4-7-16/h2-8,13-14,18,23H,9-12,15H2,1H3/t18-/m0/s1. The maximum absolute atomic E-state index is 12.7. The highest BCUT2D eigenvalue weighted by Crippen LogP contribution is 2.27. The van der Waals surface area contributed by atoms with Gasteiger partial charge < -0.3 is 10.2 Å². The fourth-order valence-corrected chi connectivity index (χ4v) is 4.60. The van der Waals surface area contributed by atoms with Crippen LogP contribution in [-0.2, 0) is 0 Å². The van der Waals surface area contributed by atoms with Crippen molar-refractivity contribution in [1.29, 1.82) is 0 Å². The summed E-state index contributed by atoms with van der Waals surface area (Å²) in [5.74, 6) is 0. The molecule has 6 nitrogen and oxygen atoms in total. The minimum Gasteiger partial charge on any atom is -0.380 e. The first kappa shape index (κ1) is 20.1. The second-order valence-corrected chi connectivity index (χ2v) is 8.53. The van der Waals surface area contributed by atoms with Crippen molar-refractivity contribution < 1.29 is 0 Å². The number of halogens is 1. The first-order chi connectivity index (χ1) is 14.1. The fourth-order valence-electron chi connectivity index (χ4n) is 3.54. The number of thiophene rings is 1. The van der Waals surface area contributed by atoms with Crippen LogP contribution in [0.3, 0.4) is 0 Å². The monoisotopic (exact) mass is 429 g/mol. The van der Waals surface area contributed by atoms with Crippen molar-refractivity contribution in [1.82, 2.24) is 19.6 Å². The lowest BCUT2D eigenvalue weighted by atomic mass is 10.1. The van der Waals surface area contributed by atoms with E-state index in [2.05, 4.69) is 44.8 Å². The third-order valence-corrected chi connectivity index (χ3v) is 6.59.